The lowest BCUT2D eigenvalue weighted by Crippen LogP contribution is -2.45. The lowest BCUT2D eigenvalue weighted by Gasteiger charge is -2.29. The highest BCUT2D eigenvalue weighted by atomic mass is 32.2. The number of nitrogens with one attached hydrogen (secondary N) is 2. The second-order valence-corrected chi connectivity index (χ2v) is 9.76. The number of nitrogens with zero attached hydrogens (tertiary/aromatic N) is 1. The van der Waals surface area contributed by atoms with Crippen LogP contribution in [0.25, 0.3) is 0 Å². The maximum Gasteiger partial charge on any atom is 0.253 e. The third-order valence-electron chi connectivity index (χ3n) is 4.97. The molecule has 0 heterocycles. The number of benzene rings is 2. The molecule has 31 heavy (non-hydrogen) atoms. The molecule has 0 saturated carbocycles. The van der Waals surface area contributed by atoms with Gasteiger partial charge in [-0.15, -0.1) is 0 Å². The van der Waals surface area contributed by atoms with Crippen molar-refractivity contribution in [3.8, 4) is 0 Å². The van der Waals surface area contributed by atoms with E-state index in [2.05, 4.69) is 10.6 Å². The average molecular weight is 446 g/mol. The summed E-state index contributed by atoms with van der Waals surface area (Å²) in [5.41, 5.74) is 2.85. The van der Waals surface area contributed by atoms with Crippen LogP contribution in [0.3, 0.4) is 0 Å². The third kappa shape index (κ3) is 6.30. The van der Waals surface area contributed by atoms with Gasteiger partial charge in [0.15, 0.2) is 0 Å². The van der Waals surface area contributed by atoms with Gasteiger partial charge in [-0.2, -0.15) is 0 Å². The Bertz CT molecular complexity index is 1050. The summed E-state index contributed by atoms with van der Waals surface area (Å²) in [4.78, 5) is 25.7. The fourth-order valence-electron chi connectivity index (χ4n) is 3.32. The van der Waals surface area contributed by atoms with E-state index in [1.807, 2.05) is 33.8 Å². The zero-order valence-corrected chi connectivity index (χ0v) is 19.7. The first-order valence-corrected chi connectivity index (χ1v) is 12.1. The SMILES string of the molecule is CC[C@H](C)NC(=O)c1ccccc1NC(=O)[C@@H](C)N(c1cc(C)cc(C)c1)S(C)(=O)=O. The van der Waals surface area contributed by atoms with E-state index in [-0.39, 0.29) is 11.9 Å². The molecule has 2 amide bonds. The number of carbonyl (C=O) groups excluding carboxylic acids is 2. The number of hydrogen-bond donors (Lipinski definition) is 2. The second kappa shape index (κ2) is 9.96. The van der Waals surface area contributed by atoms with Gasteiger partial charge in [-0.1, -0.05) is 25.1 Å². The number of sulfonamides is 1. The zero-order chi connectivity index (χ0) is 23.3. The van der Waals surface area contributed by atoms with Gasteiger partial charge in [0.1, 0.15) is 6.04 Å². The lowest BCUT2D eigenvalue weighted by atomic mass is 10.1. The maximum absolute atomic E-state index is 13.0. The molecule has 2 rings (SSSR count). The van der Waals surface area contributed by atoms with Crippen molar-refractivity contribution in [1.29, 1.82) is 0 Å². The van der Waals surface area contributed by atoms with Crippen LogP contribution in [-0.2, 0) is 14.8 Å². The molecule has 168 valence electrons. The topological polar surface area (TPSA) is 95.6 Å². The molecule has 8 heteroatoms. The minimum absolute atomic E-state index is 0.0135. The fourth-order valence-corrected chi connectivity index (χ4v) is 4.48. The number of anilines is 2. The molecule has 2 aromatic rings. The van der Waals surface area contributed by atoms with Crippen LogP contribution in [0.5, 0.6) is 0 Å². The smallest absolute Gasteiger partial charge is 0.253 e. The Kier molecular flexibility index (Phi) is 7.84. The molecule has 0 saturated heterocycles. The minimum Gasteiger partial charge on any atom is -0.350 e. The maximum atomic E-state index is 13.0. The van der Waals surface area contributed by atoms with Crippen LogP contribution in [0.2, 0.25) is 0 Å². The summed E-state index contributed by atoms with van der Waals surface area (Å²) in [5, 5.41) is 5.61. The predicted octanol–water partition coefficient (Wildman–Crippen LogP) is 3.62. The molecule has 2 atom stereocenters. The molecule has 2 aromatic carbocycles. The Morgan fingerprint density at radius 3 is 2.16 bits per heavy atom. The van der Waals surface area contributed by atoms with Crippen LogP contribution in [0, 0.1) is 13.8 Å². The van der Waals surface area contributed by atoms with Crippen molar-refractivity contribution >= 4 is 33.2 Å². The highest BCUT2D eigenvalue weighted by Gasteiger charge is 2.30. The second-order valence-electron chi connectivity index (χ2n) is 7.90. The Hall–Kier alpha value is -2.87. The summed E-state index contributed by atoms with van der Waals surface area (Å²) >= 11 is 0. The van der Waals surface area contributed by atoms with Gasteiger partial charge in [-0.05, 0) is 69.5 Å². The number of amides is 2. The third-order valence-corrected chi connectivity index (χ3v) is 6.21. The Labute approximate surface area is 184 Å². The molecule has 0 fully saturated rings. The van der Waals surface area contributed by atoms with Crippen molar-refractivity contribution in [2.75, 3.05) is 15.9 Å². The van der Waals surface area contributed by atoms with E-state index in [1.165, 1.54) is 6.92 Å². The van der Waals surface area contributed by atoms with E-state index < -0.39 is 22.0 Å². The van der Waals surface area contributed by atoms with Crippen molar-refractivity contribution < 1.29 is 18.0 Å². The standard InChI is InChI=1S/C23H31N3O4S/c1-7-17(4)24-23(28)20-10-8-9-11-21(20)25-22(27)18(5)26(31(6,29)30)19-13-15(2)12-16(3)14-19/h8-14,17-18H,7H2,1-6H3,(H,24,28)(H,25,27)/t17-,18+/m0/s1. The van der Waals surface area contributed by atoms with E-state index in [1.54, 1.807) is 36.4 Å². The number of para-hydroxylation sites is 1. The zero-order valence-electron chi connectivity index (χ0n) is 18.9. The van der Waals surface area contributed by atoms with Crippen molar-refractivity contribution in [3.05, 3.63) is 59.2 Å². The number of hydrogen-bond acceptors (Lipinski definition) is 4. The van der Waals surface area contributed by atoms with Crippen LogP contribution in [-0.4, -0.2) is 38.6 Å². The van der Waals surface area contributed by atoms with Gasteiger partial charge in [-0.3, -0.25) is 13.9 Å². The first-order chi connectivity index (χ1) is 14.4. The molecule has 0 aliphatic heterocycles. The van der Waals surface area contributed by atoms with Crippen LogP contribution in [0.4, 0.5) is 11.4 Å². The van der Waals surface area contributed by atoms with Crippen molar-refractivity contribution in [2.45, 2.75) is 53.1 Å². The monoisotopic (exact) mass is 445 g/mol. The van der Waals surface area contributed by atoms with Gasteiger partial charge in [-0.25, -0.2) is 8.42 Å². The summed E-state index contributed by atoms with van der Waals surface area (Å²) in [6.45, 7) is 9.12. The summed E-state index contributed by atoms with van der Waals surface area (Å²) in [5.74, 6) is -0.833. The Balaban J connectivity index is 2.35. The van der Waals surface area contributed by atoms with E-state index in [9.17, 15) is 18.0 Å². The molecule has 7 nitrogen and oxygen atoms in total. The Morgan fingerprint density at radius 2 is 1.61 bits per heavy atom. The van der Waals surface area contributed by atoms with E-state index in [0.717, 1.165) is 28.1 Å². The molecule has 2 N–H and O–H groups in total. The highest BCUT2D eigenvalue weighted by Crippen LogP contribution is 2.25. The van der Waals surface area contributed by atoms with Crippen molar-refractivity contribution in [1.82, 2.24) is 5.32 Å². The normalized spacial score (nSPS) is 13.2. The molecule has 0 aliphatic carbocycles. The van der Waals surface area contributed by atoms with Gasteiger partial charge >= 0.3 is 0 Å². The minimum atomic E-state index is -3.74. The molecular weight excluding hydrogens is 414 g/mol. The van der Waals surface area contributed by atoms with Crippen LogP contribution in [0.15, 0.2) is 42.5 Å². The van der Waals surface area contributed by atoms with Crippen LogP contribution >= 0.6 is 0 Å². The van der Waals surface area contributed by atoms with Gasteiger partial charge < -0.3 is 10.6 Å². The summed E-state index contributed by atoms with van der Waals surface area (Å²) < 4.78 is 26.2. The average Bonchev–Trinajstić information content (AvgIpc) is 2.66. The number of rotatable bonds is 8. The van der Waals surface area contributed by atoms with Gasteiger partial charge in [0.2, 0.25) is 15.9 Å². The first kappa shape index (κ1) is 24.4. The number of aryl methyl sites for hydroxylation is 2. The predicted molar refractivity (Wildman–Crippen MR) is 125 cm³/mol. The van der Waals surface area contributed by atoms with Gasteiger partial charge in [0.05, 0.1) is 23.2 Å². The summed E-state index contributed by atoms with van der Waals surface area (Å²) in [6, 6.07) is 11.0. The van der Waals surface area contributed by atoms with Crippen molar-refractivity contribution in [2.24, 2.45) is 0 Å². The van der Waals surface area contributed by atoms with E-state index >= 15 is 0 Å². The molecular formula is C23H31N3O4S. The number of carbonyl (C=O) groups is 2. The van der Waals surface area contributed by atoms with E-state index in [4.69, 9.17) is 0 Å². The Morgan fingerprint density at radius 1 is 1.03 bits per heavy atom. The molecule has 0 bridgehead atoms. The highest BCUT2D eigenvalue weighted by molar-refractivity contribution is 7.92. The molecule has 0 aromatic heterocycles. The molecule has 0 spiro atoms. The lowest BCUT2D eigenvalue weighted by molar-refractivity contribution is -0.116. The van der Waals surface area contributed by atoms with Crippen LogP contribution in [0.1, 0.15) is 48.7 Å². The summed E-state index contributed by atoms with van der Waals surface area (Å²) in [7, 11) is -3.74. The largest absolute Gasteiger partial charge is 0.350 e. The quantitative estimate of drug-likeness (QED) is 0.649. The molecule has 0 aliphatic rings. The summed E-state index contributed by atoms with van der Waals surface area (Å²) in [6.07, 6.45) is 1.85. The molecule has 0 radical (unpaired) electrons. The van der Waals surface area contributed by atoms with Gasteiger partial charge in [0, 0.05) is 6.04 Å². The van der Waals surface area contributed by atoms with E-state index in [0.29, 0.717) is 16.9 Å². The molecule has 0 unspecified atom stereocenters. The first-order valence-electron chi connectivity index (χ1n) is 10.2. The fraction of sp³-hybridized carbons (Fsp3) is 0.391. The van der Waals surface area contributed by atoms with Crippen molar-refractivity contribution in [3.63, 3.8) is 0 Å². The van der Waals surface area contributed by atoms with Crippen LogP contribution < -0.4 is 14.9 Å². The van der Waals surface area contributed by atoms with Gasteiger partial charge in [0.25, 0.3) is 5.91 Å².